The fourth-order valence-corrected chi connectivity index (χ4v) is 3.79. The molecule has 0 bridgehead atoms. The number of benzene rings is 1. The van der Waals surface area contributed by atoms with Gasteiger partial charge in [-0.25, -0.2) is 13.8 Å². The maximum absolute atomic E-state index is 14.1. The van der Waals surface area contributed by atoms with Crippen LogP contribution in [0, 0.1) is 18.6 Å². The van der Waals surface area contributed by atoms with Crippen LogP contribution in [-0.4, -0.2) is 38.2 Å². The van der Waals surface area contributed by atoms with E-state index in [1.165, 1.54) is 19.1 Å². The highest BCUT2D eigenvalue weighted by Gasteiger charge is 2.33. The number of hydrogen-bond acceptors (Lipinski definition) is 6. The second kappa shape index (κ2) is 9.21. The third kappa shape index (κ3) is 4.72. The highest BCUT2D eigenvalue weighted by Crippen LogP contribution is 2.31. The summed E-state index contributed by atoms with van der Waals surface area (Å²) in [7, 11) is 1.78. The summed E-state index contributed by atoms with van der Waals surface area (Å²) in [5.74, 6) is -2.28. The Morgan fingerprint density at radius 1 is 1.17 bits per heavy atom. The summed E-state index contributed by atoms with van der Waals surface area (Å²) in [5, 5.41) is 10.8. The first kappa shape index (κ1) is 23.9. The summed E-state index contributed by atoms with van der Waals surface area (Å²) in [6.07, 6.45) is 3.49. The molecule has 1 amide bonds. The number of ketones is 1. The number of hydrogen-bond donors (Lipinski definition) is 1. The second-order valence-corrected chi connectivity index (χ2v) is 8.54. The number of pyridine rings is 1. The van der Waals surface area contributed by atoms with Crippen LogP contribution in [0.25, 0.3) is 11.3 Å². The molecule has 0 aliphatic rings. The van der Waals surface area contributed by atoms with E-state index < -0.39 is 23.0 Å². The molecular weight excluding hydrogens is 456 g/mol. The van der Waals surface area contributed by atoms with Gasteiger partial charge < -0.3 is 9.84 Å². The van der Waals surface area contributed by atoms with Crippen molar-refractivity contribution < 1.29 is 22.9 Å². The SMILES string of the molecule is CC(=O)c1nc(C(C)(CNC(=O)c2cc(-c3ccc(F)cc3F)on2)c2cnn(C)c2)ccc1C. The first-order chi connectivity index (χ1) is 16.6. The predicted octanol–water partition coefficient (Wildman–Crippen LogP) is 4.00. The first-order valence-electron chi connectivity index (χ1n) is 10.8. The Morgan fingerprint density at radius 2 is 1.94 bits per heavy atom. The summed E-state index contributed by atoms with van der Waals surface area (Å²) in [6.45, 7) is 5.24. The number of carbonyl (C=O) groups excluding carboxylic acids is 2. The normalized spacial score (nSPS) is 12.9. The van der Waals surface area contributed by atoms with E-state index >= 15 is 0 Å². The van der Waals surface area contributed by atoms with Crippen LogP contribution in [0.1, 0.15) is 51.6 Å². The summed E-state index contributed by atoms with van der Waals surface area (Å²) in [4.78, 5) is 29.6. The van der Waals surface area contributed by atoms with Gasteiger partial charge in [-0.2, -0.15) is 5.10 Å². The first-order valence-corrected chi connectivity index (χ1v) is 10.8. The van der Waals surface area contributed by atoms with Crippen LogP contribution in [0.15, 0.2) is 53.3 Å². The average Bonchev–Trinajstić information content (AvgIpc) is 3.47. The van der Waals surface area contributed by atoms with Crippen LogP contribution < -0.4 is 5.32 Å². The number of nitrogens with one attached hydrogen (secondary N) is 1. The van der Waals surface area contributed by atoms with Crippen molar-refractivity contribution >= 4 is 11.7 Å². The Balaban J connectivity index is 1.62. The lowest BCUT2D eigenvalue weighted by atomic mass is 9.80. The van der Waals surface area contributed by atoms with Gasteiger partial charge in [0.05, 0.1) is 22.9 Å². The van der Waals surface area contributed by atoms with E-state index in [-0.39, 0.29) is 29.3 Å². The third-order valence-electron chi connectivity index (χ3n) is 5.88. The molecule has 1 unspecified atom stereocenters. The number of aryl methyl sites for hydroxylation is 2. The molecule has 35 heavy (non-hydrogen) atoms. The maximum Gasteiger partial charge on any atom is 0.273 e. The molecule has 1 N–H and O–H groups in total. The van der Waals surface area contributed by atoms with Crippen LogP contribution in [0.4, 0.5) is 8.78 Å². The molecule has 0 saturated carbocycles. The van der Waals surface area contributed by atoms with Crippen LogP contribution in [0.5, 0.6) is 0 Å². The maximum atomic E-state index is 14.1. The molecule has 4 rings (SSSR count). The lowest BCUT2D eigenvalue weighted by Gasteiger charge is -2.29. The van der Waals surface area contributed by atoms with Crippen LogP contribution in [-0.2, 0) is 12.5 Å². The van der Waals surface area contributed by atoms with E-state index in [1.807, 2.05) is 32.2 Å². The minimum atomic E-state index is -0.836. The molecule has 3 heterocycles. The highest BCUT2D eigenvalue weighted by molar-refractivity contribution is 5.94. The zero-order valence-corrected chi connectivity index (χ0v) is 19.6. The largest absolute Gasteiger partial charge is 0.355 e. The minimum Gasteiger partial charge on any atom is -0.355 e. The molecular formula is C25H23F2N5O3. The summed E-state index contributed by atoms with van der Waals surface area (Å²) < 4.78 is 34.0. The van der Waals surface area contributed by atoms with Crippen molar-refractivity contribution in [3.05, 3.63) is 88.6 Å². The van der Waals surface area contributed by atoms with Gasteiger partial charge in [-0.3, -0.25) is 14.3 Å². The highest BCUT2D eigenvalue weighted by atomic mass is 19.1. The van der Waals surface area contributed by atoms with Crippen molar-refractivity contribution in [1.29, 1.82) is 0 Å². The zero-order valence-electron chi connectivity index (χ0n) is 19.6. The van der Waals surface area contributed by atoms with Gasteiger partial charge in [0, 0.05) is 44.4 Å². The van der Waals surface area contributed by atoms with Gasteiger partial charge in [0.25, 0.3) is 5.91 Å². The molecule has 0 radical (unpaired) electrons. The van der Waals surface area contributed by atoms with E-state index in [0.717, 1.165) is 23.3 Å². The van der Waals surface area contributed by atoms with Crippen molar-refractivity contribution in [1.82, 2.24) is 25.2 Å². The summed E-state index contributed by atoms with van der Waals surface area (Å²) in [6, 6.07) is 7.93. The number of nitrogens with zero attached hydrogens (tertiary/aromatic N) is 4. The fourth-order valence-electron chi connectivity index (χ4n) is 3.79. The van der Waals surface area contributed by atoms with Crippen molar-refractivity contribution in [2.24, 2.45) is 7.05 Å². The van der Waals surface area contributed by atoms with Gasteiger partial charge >= 0.3 is 0 Å². The van der Waals surface area contributed by atoms with Crippen LogP contribution >= 0.6 is 0 Å². The Kier molecular flexibility index (Phi) is 6.29. The van der Waals surface area contributed by atoms with Gasteiger partial charge in [-0.05, 0) is 37.6 Å². The van der Waals surface area contributed by atoms with Gasteiger partial charge in [0.15, 0.2) is 17.2 Å². The van der Waals surface area contributed by atoms with E-state index in [1.54, 1.807) is 17.9 Å². The molecule has 1 aromatic carbocycles. The lowest BCUT2D eigenvalue weighted by molar-refractivity contribution is 0.0936. The number of halogens is 2. The third-order valence-corrected chi connectivity index (χ3v) is 5.88. The molecule has 0 saturated heterocycles. The number of Topliss-reactive ketones (excluding diaryl/α,β-unsaturated/α-hetero) is 1. The van der Waals surface area contributed by atoms with E-state index in [0.29, 0.717) is 11.4 Å². The molecule has 0 spiro atoms. The zero-order chi connectivity index (χ0) is 25.3. The average molecular weight is 479 g/mol. The fraction of sp³-hybridized carbons (Fsp3) is 0.240. The van der Waals surface area contributed by atoms with Gasteiger partial charge in [0.1, 0.15) is 17.3 Å². The number of rotatable bonds is 7. The van der Waals surface area contributed by atoms with Crippen molar-refractivity contribution in [2.75, 3.05) is 6.54 Å². The van der Waals surface area contributed by atoms with Crippen LogP contribution in [0.2, 0.25) is 0 Å². The number of aromatic nitrogens is 4. The molecule has 3 aromatic heterocycles. The molecule has 180 valence electrons. The minimum absolute atomic E-state index is 0.00558. The van der Waals surface area contributed by atoms with Crippen LogP contribution in [0.3, 0.4) is 0 Å². The number of carbonyl (C=O) groups is 2. The quantitative estimate of drug-likeness (QED) is 0.402. The topological polar surface area (TPSA) is 103 Å². The van der Waals surface area contributed by atoms with Gasteiger partial charge in [-0.1, -0.05) is 11.2 Å². The van der Waals surface area contributed by atoms with E-state index in [2.05, 4.69) is 20.6 Å². The molecule has 0 aliphatic heterocycles. The second-order valence-electron chi connectivity index (χ2n) is 8.54. The molecule has 1 atom stereocenters. The van der Waals surface area contributed by atoms with E-state index in [9.17, 15) is 18.4 Å². The van der Waals surface area contributed by atoms with Gasteiger partial charge in [-0.15, -0.1) is 0 Å². The monoisotopic (exact) mass is 479 g/mol. The van der Waals surface area contributed by atoms with Crippen molar-refractivity contribution in [3.63, 3.8) is 0 Å². The Bertz CT molecular complexity index is 1430. The Labute approximate surface area is 200 Å². The van der Waals surface area contributed by atoms with Crippen molar-refractivity contribution in [3.8, 4) is 11.3 Å². The molecule has 0 fully saturated rings. The summed E-state index contributed by atoms with van der Waals surface area (Å²) in [5.41, 5.74) is 1.54. The molecule has 8 nitrogen and oxygen atoms in total. The molecule has 0 aliphatic carbocycles. The lowest BCUT2D eigenvalue weighted by Crippen LogP contribution is -2.40. The Hall–Kier alpha value is -4.21. The Morgan fingerprint density at radius 3 is 2.60 bits per heavy atom. The predicted molar refractivity (Wildman–Crippen MR) is 123 cm³/mol. The summed E-state index contributed by atoms with van der Waals surface area (Å²) >= 11 is 0. The standard InChI is InChI=1S/C25H23F2N5O3/c1-14-5-8-22(30-23(14)15(2)33)25(3,16-11-29-32(4)12-16)13-28-24(34)20-10-21(35-31-20)18-7-6-17(26)9-19(18)27/h5-12H,13H2,1-4H3,(H,28,34). The molecule has 10 heteroatoms. The molecule has 4 aromatic rings. The van der Waals surface area contributed by atoms with Gasteiger partial charge in [0.2, 0.25) is 0 Å². The number of amides is 1. The smallest absolute Gasteiger partial charge is 0.273 e. The van der Waals surface area contributed by atoms with E-state index in [4.69, 9.17) is 4.52 Å². The van der Waals surface area contributed by atoms with Crippen molar-refractivity contribution in [2.45, 2.75) is 26.2 Å².